The first kappa shape index (κ1) is 21.3. The molecule has 2 amide bonds. The second-order valence-corrected chi connectivity index (χ2v) is 7.86. The number of anilines is 2. The molecule has 0 saturated heterocycles. The quantitative estimate of drug-likeness (QED) is 0.538. The number of carbonyl (C=O) groups excluding carboxylic acids is 2. The van der Waals surface area contributed by atoms with E-state index in [2.05, 4.69) is 5.32 Å². The Labute approximate surface area is 186 Å². The van der Waals surface area contributed by atoms with Crippen LogP contribution < -0.4 is 15.0 Å². The monoisotopic (exact) mass is 430 g/mol. The molecule has 6 heteroatoms. The number of ether oxygens (including phenoxy) is 1. The number of halogens is 1. The smallest absolute Gasteiger partial charge is 0.282 e. The Hall–Kier alpha value is -3.93. The van der Waals surface area contributed by atoms with Gasteiger partial charge in [-0.1, -0.05) is 30.3 Å². The van der Waals surface area contributed by atoms with Gasteiger partial charge in [0.15, 0.2) is 0 Å². The summed E-state index contributed by atoms with van der Waals surface area (Å²) in [6.45, 7) is 5.74. The predicted molar refractivity (Wildman–Crippen MR) is 123 cm³/mol. The number of rotatable bonds is 6. The van der Waals surface area contributed by atoms with Gasteiger partial charge in [0.1, 0.15) is 17.3 Å². The van der Waals surface area contributed by atoms with Gasteiger partial charge < -0.3 is 10.1 Å². The van der Waals surface area contributed by atoms with E-state index >= 15 is 0 Å². The molecule has 0 aromatic heterocycles. The minimum absolute atomic E-state index is 0.0109. The van der Waals surface area contributed by atoms with Gasteiger partial charge in [-0.2, -0.15) is 0 Å². The van der Waals surface area contributed by atoms with Crippen molar-refractivity contribution in [1.29, 1.82) is 0 Å². The van der Waals surface area contributed by atoms with Crippen LogP contribution in [-0.4, -0.2) is 17.9 Å². The lowest BCUT2D eigenvalue weighted by atomic mass is 10.0. The van der Waals surface area contributed by atoms with E-state index in [0.29, 0.717) is 22.7 Å². The molecule has 0 radical (unpaired) electrons. The molecule has 32 heavy (non-hydrogen) atoms. The van der Waals surface area contributed by atoms with Gasteiger partial charge in [-0.3, -0.25) is 9.59 Å². The van der Waals surface area contributed by atoms with Crippen molar-refractivity contribution >= 4 is 28.8 Å². The maximum atomic E-state index is 13.7. The summed E-state index contributed by atoms with van der Waals surface area (Å²) in [4.78, 5) is 28.0. The van der Waals surface area contributed by atoms with Crippen LogP contribution in [0.1, 0.15) is 25.0 Å². The van der Waals surface area contributed by atoms with Crippen molar-refractivity contribution in [1.82, 2.24) is 0 Å². The van der Waals surface area contributed by atoms with E-state index in [1.54, 1.807) is 48.5 Å². The average Bonchev–Trinajstić information content (AvgIpc) is 2.98. The van der Waals surface area contributed by atoms with Gasteiger partial charge in [-0.05, 0) is 74.4 Å². The molecule has 0 spiro atoms. The maximum Gasteiger partial charge on any atom is 0.282 e. The number of amides is 2. The third kappa shape index (κ3) is 4.25. The minimum atomic E-state index is -0.498. The van der Waals surface area contributed by atoms with E-state index in [1.165, 1.54) is 18.2 Å². The van der Waals surface area contributed by atoms with Crippen molar-refractivity contribution in [3.05, 3.63) is 95.4 Å². The summed E-state index contributed by atoms with van der Waals surface area (Å²) in [5.41, 5.74) is 2.66. The van der Waals surface area contributed by atoms with Gasteiger partial charge in [0.05, 0.1) is 17.4 Å². The van der Waals surface area contributed by atoms with Crippen LogP contribution in [0.4, 0.5) is 15.8 Å². The Morgan fingerprint density at radius 3 is 2.28 bits per heavy atom. The molecule has 5 nitrogen and oxygen atoms in total. The number of nitrogens with one attached hydrogen (secondary N) is 1. The first-order chi connectivity index (χ1) is 15.3. The Morgan fingerprint density at radius 1 is 0.906 bits per heavy atom. The second-order valence-electron chi connectivity index (χ2n) is 7.86. The highest BCUT2D eigenvalue weighted by Crippen LogP contribution is 2.34. The summed E-state index contributed by atoms with van der Waals surface area (Å²) in [6.07, 6.45) is 0.0109. The number of carbonyl (C=O) groups is 2. The lowest BCUT2D eigenvalue weighted by molar-refractivity contribution is -0.120. The van der Waals surface area contributed by atoms with Crippen molar-refractivity contribution in [2.75, 3.05) is 10.2 Å². The second kappa shape index (κ2) is 8.67. The van der Waals surface area contributed by atoms with E-state index in [0.717, 1.165) is 10.5 Å². The molecule has 1 heterocycles. The van der Waals surface area contributed by atoms with Crippen LogP contribution >= 0.6 is 0 Å². The minimum Gasteiger partial charge on any atom is -0.491 e. The number of aryl methyl sites for hydroxylation is 1. The average molecular weight is 430 g/mol. The molecular formula is C26H23FN2O3. The van der Waals surface area contributed by atoms with Gasteiger partial charge in [0.2, 0.25) is 0 Å². The number of hydrogen-bond donors (Lipinski definition) is 1. The summed E-state index contributed by atoms with van der Waals surface area (Å²) in [6, 6.07) is 19.9. The zero-order chi connectivity index (χ0) is 22.8. The van der Waals surface area contributed by atoms with Crippen molar-refractivity contribution in [2.24, 2.45) is 0 Å². The van der Waals surface area contributed by atoms with Crippen molar-refractivity contribution < 1.29 is 18.7 Å². The molecule has 0 saturated carbocycles. The standard InChI is InChI=1S/C26H23FN2O3/c1-16(2)32-22-12-10-18(11-13-22)23-24(28-20-8-5-7-19(27)15-20)26(31)29(25(23)30)21-9-4-6-17(3)14-21/h4-16,28H,1-3H3. The molecule has 3 aromatic rings. The molecule has 1 aliphatic heterocycles. The Bertz CT molecular complexity index is 1220. The summed E-state index contributed by atoms with van der Waals surface area (Å²) in [5, 5.41) is 2.97. The van der Waals surface area contributed by atoms with E-state index in [1.807, 2.05) is 26.8 Å². The summed E-state index contributed by atoms with van der Waals surface area (Å²) >= 11 is 0. The molecule has 0 unspecified atom stereocenters. The van der Waals surface area contributed by atoms with Crippen LogP contribution in [0.5, 0.6) is 5.75 Å². The van der Waals surface area contributed by atoms with Crippen LogP contribution in [0.2, 0.25) is 0 Å². The fourth-order valence-electron chi connectivity index (χ4n) is 3.60. The number of hydrogen-bond acceptors (Lipinski definition) is 4. The largest absolute Gasteiger partial charge is 0.491 e. The van der Waals surface area contributed by atoms with E-state index < -0.39 is 17.6 Å². The lowest BCUT2D eigenvalue weighted by Crippen LogP contribution is -2.32. The molecule has 3 aromatic carbocycles. The summed E-state index contributed by atoms with van der Waals surface area (Å²) in [7, 11) is 0. The van der Waals surface area contributed by atoms with Crippen molar-refractivity contribution in [2.45, 2.75) is 26.9 Å². The van der Waals surface area contributed by atoms with Gasteiger partial charge in [0.25, 0.3) is 11.8 Å². The number of imide groups is 1. The third-order valence-electron chi connectivity index (χ3n) is 4.95. The van der Waals surface area contributed by atoms with E-state index in [9.17, 15) is 14.0 Å². The van der Waals surface area contributed by atoms with Gasteiger partial charge in [0, 0.05) is 5.69 Å². The molecule has 1 N–H and O–H groups in total. The highest BCUT2D eigenvalue weighted by Gasteiger charge is 2.40. The molecular weight excluding hydrogens is 407 g/mol. The van der Waals surface area contributed by atoms with Gasteiger partial charge in [-0.25, -0.2) is 9.29 Å². The van der Waals surface area contributed by atoms with Crippen LogP contribution in [0, 0.1) is 12.7 Å². The SMILES string of the molecule is Cc1cccc(N2C(=O)C(Nc3cccc(F)c3)=C(c3ccc(OC(C)C)cc3)C2=O)c1. The highest BCUT2D eigenvalue weighted by molar-refractivity contribution is 6.46. The topological polar surface area (TPSA) is 58.6 Å². The fraction of sp³-hybridized carbons (Fsp3) is 0.154. The number of nitrogens with zero attached hydrogens (tertiary/aromatic N) is 1. The first-order valence-corrected chi connectivity index (χ1v) is 10.3. The van der Waals surface area contributed by atoms with Crippen LogP contribution in [-0.2, 0) is 9.59 Å². The van der Waals surface area contributed by atoms with Gasteiger partial charge >= 0.3 is 0 Å². The Kier molecular flexibility index (Phi) is 5.77. The molecule has 1 aliphatic rings. The normalized spacial score (nSPS) is 13.8. The predicted octanol–water partition coefficient (Wildman–Crippen LogP) is 5.32. The van der Waals surface area contributed by atoms with E-state index in [4.69, 9.17) is 4.74 Å². The van der Waals surface area contributed by atoms with E-state index in [-0.39, 0.29) is 17.4 Å². The first-order valence-electron chi connectivity index (χ1n) is 10.3. The summed E-state index contributed by atoms with van der Waals surface area (Å²) in [5.74, 6) is -0.727. The molecule has 0 fully saturated rings. The molecule has 4 rings (SSSR count). The van der Waals surface area contributed by atoms with Crippen LogP contribution in [0.15, 0.2) is 78.5 Å². The highest BCUT2D eigenvalue weighted by atomic mass is 19.1. The number of benzene rings is 3. The lowest BCUT2D eigenvalue weighted by Gasteiger charge is -2.16. The maximum absolute atomic E-state index is 13.7. The van der Waals surface area contributed by atoms with Crippen LogP contribution in [0.3, 0.4) is 0 Å². The Balaban J connectivity index is 1.79. The molecule has 0 bridgehead atoms. The molecule has 0 aliphatic carbocycles. The van der Waals surface area contributed by atoms with Crippen molar-refractivity contribution in [3.63, 3.8) is 0 Å². The molecule has 162 valence electrons. The molecule has 0 atom stereocenters. The van der Waals surface area contributed by atoms with Crippen molar-refractivity contribution in [3.8, 4) is 5.75 Å². The zero-order valence-electron chi connectivity index (χ0n) is 18.1. The summed E-state index contributed by atoms with van der Waals surface area (Å²) < 4.78 is 19.4. The van der Waals surface area contributed by atoms with Gasteiger partial charge in [-0.15, -0.1) is 0 Å². The third-order valence-corrected chi connectivity index (χ3v) is 4.95. The van der Waals surface area contributed by atoms with Crippen LogP contribution in [0.25, 0.3) is 5.57 Å². The fourth-order valence-corrected chi connectivity index (χ4v) is 3.60. The zero-order valence-corrected chi connectivity index (χ0v) is 18.1. The Morgan fingerprint density at radius 2 is 1.62 bits per heavy atom.